The van der Waals surface area contributed by atoms with Crippen molar-refractivity contribution in [2.75, 3.05) is 12.8 Å². The van der Waals surface area contributed by atoms with E-state index in [9.17, 15) is 8.42 Å². The monoisotopic (exact) mass is 367 g/mol. The van der Waals surface area contributed by atoms with Crippen molar-refractivity contribution in [2.45, 2.75) is 30.4 Å². The number of halogens is 1. The highest BCUT2D eigenvalue weighted by molar-refractivity contribution is 7.89. The van der Waals surface area contributed by atoms with Gasteiger partial charge in [-0.05, 0) is 24.6 Å². The number of anilines is 1. The molecule has 0 radical (unpaired) electrons. The van der Waals surface area contributed by atoms with E-state index in [1.807, 2.05) is 31.2 Å². The third-order valence-corrected chi connectivity index (χ3v) is 6.47. The van der Waals surface area contributed by atoms with E-state index in [-0.39, 0.29) is 27.9 Å². The number of ether oxygens (including phenoxy) is 1. The van der Waals surface area contributed by atoms with Crippen molar-refractivity contribution in [3.63, 3.8) is 0 Å². The van der Waals surface area contributed by atoms with Crippen LogP contribution in [0.1, 0.15) is 12.5 Å². The molecule has 2 atom stereocenters. The maximum absolute atomic E-state index is 12.9. The van der Waals surface area contributed by atoms with Gasteiger partial charge in [0.2, 0.25) is 10.0 Å². The van der Waals surface area contributed by atoms with Crippen molar-refractivity contribution >= 4 is 27.4 Å². The van der Waals surface area contributed by atoms with Gasteiger partial charge in [-0.15, -0.1) is 0 Å². The normalized spacial score (nSPS) is 18.2. The van der Waals surface area contributed by atoms with Crippen molar-refractivity contribution in [3.8, 4) is 5.75 Å². The second-order valence-corrected chi connectivity index (χ2v) is 8.17. The predicted molar refractivity (Wildman–Crippen MR) is 92.6 cm³/mol. The van der Waals surface area contributed by atoms with Gasteiger partial charge in [0, 0.05) is 19.7 Å². The lowest BCUT2D eigenvalue weighted by Gasteiger charge is -2.28. The largest absolute Gasteiger partial charge is 0.488 e. The molecule has 2 N–H and O–H groups in total. The van der Waals surface area contributed by atoms with E-state index in [0.717, 1.165) is 11.3 Å². The summed E-state index contributed by atoms with van der Waals surface area (Å²) in [4.78, 5) is 3.73. The van der Waals surface area contributed by atoms with Gasteiger partial charge in [0.25, 0.3) is 0 Å². The third-order valence-electron chi connectivity index (χ3n) is 4.29. The van der Waals surface area contributed by atoms with Crippen molar-refractivity contribution in [3.05, 3.63) is 47.1 Å². The molecule has 24 heavy (non-hydrogen) atoms. The fraction of sp³-hybridized carbons (Fsp3) is 0.312. The van der Waals surface area contributed by atoms with Gasteiger partial charge in [0.1, 0.15) is 22.6 Å². The molecule has 3 rings (SSSR count). The number of benzene rings is 1. The van der Waals surface area contributed by atoms with Crippen molar-refractivity contribution < 1.29 is 13.2 Å². The molecule has 1 aromatic carbocycles. The number of nitrogen functional groups attached to an aromatic ring is 1. The van der Waals surface area contributed by atoms with Crippen LogP contribution in [0.3, 0.4) is 0 Å². The topological polar surface area (TPSA) is 85.5 Å². The van der Waals surface area contributed by atoms with Gasteiger partial charge >= 0.3 is 0 Å². The highest BCUT2D eigenvalue weighted by Gasteiger charge is 2.36. The fourth-order valence-electron chi connectivity index (χ4n) is 2.72. The molecule has 6 nitrogen and oxygen atoms in total. The molecular formula is C16H18ClN3O3S. The van der Waals surface area contributed by atoms with Gasteiger partial charge in [-0.25, -0.2) is 13.4 Å². The van der Waals surface area contributed by atoms with Crippen LogP contribution in [0, 0.1) is 0 Å². The number of nitrogens with two attached hydrogens (primary N) is 1. The molecule has 0 saturated heterocycles. The summed E-state index contributed by atoms with van der Waals surface area (Å²) in [6.45, 7) is 1.81. The first kappa shape index (κ1) is 17.0. The summed E-state index contributed by atoms with van der Waals surface area (Å²) in [5.41, 5.74) is 6.80. The average molecular weight is 368 g/mol. The van der Waals surface area contributed by atoms with E-state index < -0.39 is 10.0 Å². The summed E-state index contributed by atoms with van der Waals surface area (Å²) in [5.74, 6) is 0.721. The number of nitrogens with zero attached hydrogens (tertiary/aromatic N) is 2. The van der Waals surface area contributed by atoms with Crippen molar-refractivity contribution in [1.29, 1.82) is 0 Å². The van der Waals surface area contributed by atoms with Crippen molar-refractivity contribution in [2.24, 2.45) is 0 Å². The standard InChI is InChI=1S/C16H18ClN3O3S/c1-10(14-7-11-5-3-4-6-13(11)23-14)20(2)24(21,22)15-8-12(17)9-19-16(15)18/h3-6,8-10,14H,7H2,1-2H3,(H2,18,19). The van der Waals surface area contributed by atoms with Crippen LogP contribution in [0.15, 0.2) is 41.4 Å². The first-order valence-electron chi connectivity index (χ1n) is 7.44. The minimum absolute atomic E-state index is 0.0749. The molecule has 0 fully saturated rings. The minimum atomic E-state index is -3.83. The summed E-state index contributed by atoms with van der Waals surface area (Å²) in [7, 11) is -2.33. The number of rotatable bonds is 4. The first-order valence-corrected chi connectivity index (χ1v) is 9.26. The predicted octanol–water partition coefficient (Wildman–Crippen LogP) is 2.33. The molecule has 128 valence electrons. The van der Waals surface area contributed by atoms with Crippen LogP contribution in [0.2, 0.25) is 5.02 Å². The Balaban J connectivity index is 1.86. The molecular weight excluding hydrogens is 350 g/mol. The van der Waals surface area contributed by atoms with Crippen LogP contribution >= 0.6 is 11.6 Å². The third kappa shape index (κ3) is 2.94. The van der Waals surface area contributed by atoms with Crippen LogP contribution in [0.4, 0.5) is 5.82 Å². The SMILES string of the molecule is CC(C1Cc2ccccc2O1)N(C)S(=O)(=O)c1cc(Cl)cnc1N. The van der Waals surface area contributed by atoms with E-state index in [4.69, 9.17) is 22.1 Å². The van der Waals surface area contributed by atoms with Gasteiger partial charge < -0.3 is 10.5 Å². The van der Waals surface area contributed by atoms with Crippen molar-refractivity contribution in [1.82, 2.24) is 9.29 Å². The first-order chi connectivity index (χ1) is 11.3. The molecule has 0 amide bonds. The Kier molecular flexibility index (Phi) is 4.42. The Hall–Kier alpha value is -1.83. The van der Waals surface area contributed by atoms with E-state index >= 15 is 0 Å². The molecule has 1 aliphatic rings. The Morgan fingerprint density at radius 1 is 1.42 bits per heavy atom. The maximum atomic E-state index is 12.9. The zero-order chi connectivity index (χ0) is 17.5. The van der Waals surface area contributed by atoms with Gasteiger partial charge in [-0.2, -0.15) is 4.31 Å². The van der Waals surface area contributed by atoms with Gasteiger partial charge in [0.05, 0.1) is 11.1 Å². The second-order valence-electron chi connectivity index (χ2n) is 5.77. The minimum Gasteiger partial charge on any atom is -0.488 e. The molecule has 1 aliphatic heterocycles. The number of pyridine rings is 1. The number of para-hydroxylation sites is 1. The number of sulfonamides is 1. The average Bonchev–Trinajstić information content (AvgIpc) is 2.99. The Morgan fingerprint density at radius 3 is 2.83 bits per heavy atom. The molecule has 2 heterocycles. The smallest absolute Gasteiger partial charge is 0.246 e. The van der Waals surface area contributed by atoms with Gasteiger partial charge in [0.15, 0.2) is 0 Å². The van der Waals surface area contributed by atoms with E-state index in [2.05, 4.69) is 4.98 Å². The summed E-state index contributed by atoms with van der Waals surface area (Å²) in [5, 5.41) is 0.216. The van der Waals surface area contributed by atoms with Gasteiger partial charge in [-0.3, -0.25) is 0 Å². The van der Waals surface area contributed by atoms with Crippen LogP contribution in [-0.4, -0.2) is 36.9 Å². The fourth-order valence-corrected chi connectivity index (χ4v) is 4.42. The molecule has 2 aromatic rings. The lowest BCUT2D eigenvalue weighted by atomic mass is 10.1. The summed E-state index contributed by atoms with van der Waals surface area (Å²) in [6, 6.07) is 8.62. The number of likely N-dealkylation sites (N-methyl/N-ethyl adjacent to an activating group) is 1. The Bertz CT molecular complexity index is 848. The zero-order valence-electron chi connectivity index (χ0n) is 13.3. The lowest BCUT2D eigenvalue weighted by Crippen LogP contribution is -2.44. The molecule has 8 heteroatoms. The lowest BCUT2D eigenvalue weighted by molar-refractivity contribution is 0.153. The molecule has 0 bridgehead atoms. The summed E-state index contributed by atoms with van der Waals surface area (Å²) in [6.07, 6.45) is 1.70. The molecule has 0 spiro atoms. The summed E-state index contributed by atoms with van der Waals surface area (Å²) < 4.78 is 32.9. The van der Waals surface area contributed by atoms with Gasteiger partial charge in [-0.1, -0.05) is 29.8 Å². The van der Waals surface area contributed by atoms with Crippen LogP contribution < -0.4 is 10.5 Å². The van der Waals surface area contributed by atoms with Crippen LogP contribution in [0.25, 0.3) is 0 Å². The molecule has 0 saturated carbocycles. The molecule has 0 aliphatic carbocycles. The zero-order valence-corrected chi connectivity index (χ0v) is 14.9. The quantitative estimate of drug-likeness (QED) is 0.896. The van der Waals surface area contributed by atoms with E-state index in [1.54, 1.807) is 0 Å². The van der Waals surface area contributed by atoms with E-state index in [1.165, 1.54) is 23.6 Å². The van der Waals surface area contributed by atoms with Crippen LogP contribution in [0.5, 0.6) is 5.75 Å². The summed E-state index contributed by atoms with van der Waals surface area (Å²) >= 11 is 5.87. The molecule has 1 aromatic heterocycles. The Labute approximate surface area is 146 Å². The highest BCUT2D eigenvalue weighted by atomic mass is 35.5. The maximum Gasteiger partial charge on any atom is 0.246 e. The number of aromatic nitrogens is 1. The number of hydrogen-bond donors (Lipinski definition) is 1. The number of hydrogen-bond acceptors (Lipinski definition) is 5. The highest BCUT2D eigenvalue weighted by Crippen LogP contribution is 2.32. The Morgan fingerprint density at radius 2 is 2.12 bits per heavy atom. The molecule has 2 unspecified atom stereocenters. The number of fused-ring (bicyclic) bond motifs is 1. The van der Waals surface area contributed by atoms with E-state index in [0.29, 0.717) is 6.42 Å². The second kappa shape index (κ2) is 6.23. The van der Waals surface area contributed by atoms with Crippen LogP contribution in [-0.2, 0) is 16.4 Å².